The van der Waals surface area contributed by atoms with Crippen LogP contribution >= 0.6 is 0 Å². The molecule has 2 N–H and O–H groups in total. The van der Waals surface area contributed by atoms with E-state index in [1.807, 2.05) is 35.0 Å². The van der Waals surface area contributed by atoms with Gasteiger partial charge < -0.3 is 5.73 Å². The van der Waals surface area contributed by atoms with Crippen LogP contribution in [0.2, 0.25) is 0 Å². The van der Waals surface area contributed by atoms with Crippen molar-refractivity contribution in [1.29, 1.82) is 0 Å². The summed E-state index contributed by atoms with van der Waals surface area (Å²) in [5, 5.41) is 8.10. The molecule has 4 heteroatoms. The Balaban J connectivity index is 2.17. The molecule has 0 amide bonds. The average molecular weight is 244 g/mol. The second-order valence-corrected chi connectivity index (χ2v) is 4.98. The zero-order valence-electron chi connectivity index (χ0n) is 11.0. The van der Waals surface area contributed by atoms with Crippen LogP contribution in [0.1, 0.15) is 38.4 Å². The lowest BCUT2D eigenvalue weighted by Crippen LogP contribution is -2.16. The summed E-state index contributed by atoms with van der Waals surface area (Å²) >= 11 is 0. The van der Waals surface area contributed by atoms with E-state index < -0.39 is 0 Å². The maximum Gasteiger partial charge on any atom is 0.0812 e. The van der Waals surface area contributed by atoms with Gasteiger partial charge in [-0.2, -0.15) is 0 Å². The Morgan fingerprint density at radius 2 is 1.89 bits per heavy atom. The fraction of sp³-hybridized carbons (Fsp3) is 0.429. The van der Waals surface area contributed by atoms with Gasteiger partial charge in [-0.25, -0.2) is 4.68 Å². The first-order chi connectivity index (χ1) is 8.68. The molecule has 4 nitrogen and oxygen atoms in total. The van der Waals surface area contributed by atoms with Crippen LogP contribution in [0.3, 0.4) is 0 Å². The van der Waals surface area contributed by atoms with Crippen molar-refractivity contribution >= 4 is 0 Å². The van der Waals surface area contributed by atoms with Gasteiger partial charge in [-0.3, -0.25) is 0 Å². The van der Waals surface area contributed by atoms with Gasteiger partial charge in [-0.05, 0) is 30.9 Å². The maximum atomic E-state index is 6.23. The lowest BCUT2D eigenvalue weighted by atomic mass is 10.0. The van der Waals surface area contributed by atoms with E-state index in [1.165, 1.54) is 0 Å². The van der Waals surface area contributed by atoms with Crippen molar-refractivity contribution in [2.75, 3.05) is 0 Å². The van der Waals surface area contributed by atoms with E-state index in [4.69, 9.17) is 5.73 Å². The number of rotatable bonds is 5. The van der Waals surface area contributed by atoms with Crippen molar-refractivity contribution in [3.63, 3.8) is 0 Å². The second-order valence-electron chi connectivity index (χ2n) is 4.98. The van der Waals surface area contributed by atoms with Crippen molar-refractivity contribution in [1.82, 2.24) is 15.0 Å². The van der Waals surface area contributed by atoms with E-state index in [-0.39, 0.29) is 6.04 Å². The Morgan fingerprint density at radius 1 is 1.17 bits per heavy atom. The lowest BCUT2D eigenvalue weighted by Gasteiger charge is -2.14. The molecule has 0 fully saturated rings. The topological polar surface area (TPSA) is 56.7 Å². The Labute approximate surface area is 108 Å². The normalized spacial score (nSPS) is 12.9. The molecule has 0 aliphatic heterocycles. The van der Waals surface area contributed by atoms with Gasteiger partial charge in [-0.15, -0.1) is 5.10 Å². The molecule has 2 rings (SSSR count). The Bertz CT molecular complexity index is 476. The zero-order chi connectivity index (χ0) is 13.0. The summed E-state index contributed by atoms with van der Waals surface area (Å²) in [6, 6.07) is 9.96. The number of para-hydroxylation sites is 1. The molecule has 0 radical (unpaired) electrons. The van der Waals surface area contributed by atoms with Crippen LogP contribution in [0.4, 0.5) is 0 Å². The molecule has 2 aromatic rings. The van der Waals surface area contributed by atoms with Crippen LogP contribution in [0.5, 0.6) is 0 Å². The first kappa shape index (κ1) is 12.8. The predicted octanol–water partition coefficient (Wildman–Crippen LogP) is 2.70. The van der Waals surface area contributed by atoms with Gasteiger partial charge >= 0.3 is 0 Å². The number of hydrogen-bond donors (Lipinski definition) is 1. The van der Waals surface area contributed by atoms with Crippen molar-refractivity contribution in [3.05, 3.63) is 42.2 Å². The third kappa shape index (κ3) is 2.96. The third-order valence-electron chi connectivity index (χ3n) is 3.01. The van der Waals surface area contributed by atoms with Gasteiger partial charge in [-0.1, -0.05) is 37.3 Å². The standard InChI is InChI=1S/C14H20N4/c1-11(2)8-9-13(15)14-10-16-17-18(14)12-6-4-3-5-7-12/h3-7,10-11,13H,8-9,15H2,1-2H3. The van der Waals surface area contributed by atoms with Gasteiger partial charge in [0.25, 0.3) is 0 Å². The first-order valence-corrected chi connectivity index (χ1v) is 6.40. The lowest BCUT2D eigenvalue weighted by molar-refractivity contribution is 0.494. The molecule has 0 bridgehead atoms. The number of nitrogens with two attached hydrogens (primary N) is 1. The molecule has 1 atom stereocenters. The minimum Gasteiger partial charge on any atom is -0.323 e. The van der Waals surface area contributed by atoms with Crippen LogP contribution in [-0.4, -0.2) is 15.0 Å². The smallest absolute Gasteiger partial charge is 0.0812 e. The zero-order valence-corrected chi connectivity index (χ0v) is 11.0. The molecule has 96 valence electrons. The largest absolute Gasteiger partial charge is 0.323 e. The maximum absolute atomic E-state index is 6.23. The van der Waals surface area contributed by atoms with Crippen molar-refractivity contribution in [2.24, 2.45) is 11.7 Å². The van der Waals surface area contributed by atoms with E-state index in [2.05, 4.69) is 24.2 Å². The molecule has 0 spiro atoms. The average Bonchev–Trinajstić information content (AvgIpc) is 2.86. The molecular formula is C14H20N4. The molecular weight excluding hydrogens is 224 g/mol. The van der Waals surface area contributed by atoms with Gasteiger partial charge in [0.2, 0.25) is 0 Å². The Morgan fingerprint density at radius 3 is 2.56 bits per heavy atom. The molecule has 1 unspecified atom stereocenters. The van der Waals surface area contributed by atoms with Crippen LogP contribution < -0.4 is 5.73 Å². The molecule has 0 aliphatic carbocycles. The highest BCUT2D eigenvalue weighted by Crippen LogP contribution is 2.20. The highest BCUT2D eigenvalue weighted by molar-refractivity contribution is 5.32. The fourth-order valence-corrected chi connectivity index (χ4v) is 1.93. The summed E-state index contributed by atoms with van der Waals surface area (Å²) in [6.45, 7) is 4.42. The molecule has 1 aromatic heterocycles. The third-order valence-corrected chi connectivity index (χ3v) is 3.01. The van der Waals surface area contributed by atoms with Crippen LogP contribution in [0.25, 0.3) is 5.69 Å². The fourth-order valence-electron chi connectivity index (χ4n) is 1.93. The van der Waals surface area contributed by atoms with E-state index in [0.29, 0.717) is 5.92 Å². The Kier molecular flexibility index (Phi) is 4.10. The molecule has 18 heavy (non-hydrogen) atoms. The van der Waals surface area contributed by atoms with E-state index in [0.717, 1.165) is 24.2 Å². The van der Waals surface area contributed by atoms with E-state index >= 15 is 0 Å². The predicted molar refractivity (Wildman–Crippen MR) is 72.4 cm³/mol. The second kappa shape index (κ2) is 5.78. The molecule has 0 aliphatic rings. The molecule has 0 saturated carbocycles. The summed E-state index contributed by atoms with van der Waals surface area (Å²) in [6.07, 6.45) is 3.83. The van der Waals surface area contributed by atoms with Gasteiger partial charge in [0, 0.05) is 6.04 Å². The molecule has 0 saturated heterocycles. The number of benzene rings is 1. The quantitative estimate of drug-likeness (QED) is 0.879. The van der Waals surface area contributed by atoms with Crippen LogP contribution in [-0.2, 0) is 0 Å². The van der Waals surface area contributed by atoms with Crippen LogP contribution in [0.15, 0.2) is 36.5 Å². The van der Waals surface area contributed by atoms with Gasteiger partial charge in [0.1, 0.15) is 0 Å². The number of hydrogen-bond acceptors (Lipinski definition) is 3. The summed E-state index contributed by atoms with van der Waals surface area (Å²) < 4.78 is 1.82. The first-order valence-electron chi connectivity index (χ1n) is 6.40. The molecule has 1 aromatic carbocycles. The number of aromatic nitrogens is 3. The van der Waals surface area contributed by atoms with Gasteiger partial charge in [0.05, 0.1) is 17.6 Å². The van der Waals surface area contributed by atoms with Crippen molar-refractivity contribution < 1.29 is 0 Å². The van der Waals surface area contributed by atoms with E-state index in [1.54, 1.807) is 6.20 Å². The highest BCUT2D eigenvalue weighted by Gasteiger charge is 2.14. The van der Waals surface area contributed by atoms with E-state index in [9.17, 15) is 0 Å². The summed E-state index contributed by atoms with van der Waals surface area (Å²) in [4.78, 5) is 0. The monoisotopic (exact) mass is 244 g/mol. The minimum atomic E-state index is -0.0115. The van der Waals surface area contributed by atoms with Crippen LogP contribution in [0, 0.1) is 5.92 Å². The van der Waals surface area contributed by atoms with Gasteiger partial charge in [0.15, 0.2) is 0 Å². The van der Waals surface area contributed by atoms with Crippen molar-refractivity contribution in [2.45, 2.75) is 32.7 Å². The Hall–Kier alpha value is -1.68. The summed E-state index contributed by atoms with van der Waals surface area (Å²) in [7, 11) is 0. The highest BCUT2D eigenvalue weighted by atomic mass is 15.4. The SMILES string of the molecule is CC(C)CCC(N)c1cnnn1-c1ccccc1. The minimum absolute atomic E-state index is 0.0115. The number of nitrogens with zero attached hydrogens (tertiary/aromatic N) is 3. The van der Waals surface area contributed by atoms with Crippen molar-refractivity contribution in [3.8, 4) is 5.69 Å². The summed E-state index contributed by atoms with van der Waals surface area (Å²) in [5.41, 5.74) is 8.20. The molecule has 1 heterocycles. The summed E-state index contributed by atoms with van der Waals surface area (Å²) in [5.74, 6) is 0.664.